The summed E-state index contributed by atoms with van der Waals surface area (Å²) in [6, 6.07) is 22.6. The number of hydrogen-bond acceptors (Lipinski definition) is 3. The predicted molar refractivity (Wildman–Crippen MR) is 109 cm³/mol. The van der Waals surface area contributed by atoms with Gasteiger partial charge >= 0.3 is 5.97 Å². The van der Waals surface area contributed by atoms with Gasteiger partial charge in [-0.25, -0.2) is 4.79 Å². The van der Waals surface area contributed by atoms with Crippen LogP contribution in [0.4, 0.5) is 0 Å². The molecule has 0 atom stereocenters. The molecule has 4 aromatic carbocycles. The Labute approximate surface area is 155 Å². The fourth-order valence-electron chi connectivity index (χ4n) is 3.74. The summed E-state index contributed by atoms with van der Waals surface area (Å²) in [5.41, 5.74) is 2.46. The highest BCUT2D eigenvalue weighted by Gasteiger charge is 2.17. The average molecular weight is 352 g/mol. The van der Waals surface area contributed by atoms with E-state index in [4.69, 9.17) is 9.15 Å². The molecule has 5 rings (SSSR count). The average Bonchev–Trinajstić information content (AvgIpc) is 3.12. The first-order valence-corrected chi connectivity index (χ1v) is 8.80. The van der Waals surface area contributed by atoms with E-state index in [0.717, 1.165) is 49.0 Å². The Morgan fingerprint density at radius 3 is 2.44 bits per heavy atom. The van der Waals surface area contributed by atoms with Crippen molar-refractivity contribution in [1.82, 2.24) is 0 Å². The van der Waals surface area contributed by atoms with E-state index >= 15 is 0 Å². The van der Waals surface area contributed by atoms with E-state index in [0.29, 0.717) is 0 Å². The topological polar surface area (TPSA) is 39.4 Å². The quantitative estimate of drug-likeness (QED) is 0.290. The molecule has 1 heterocycles. The summed E-state index contributed by atoms with van der Waals surface area (Å²) in [6.45, 7) is 3.60. The van der Waals surface area contributed by atoms with Gasteiger partial charge in [0, 0.05) is 27.8 Å². The molecule has 0 radical (unpaired) electrons. The Balaban J connectivity index is 1.90. The van der Waals surface area contributed by atoms with Crippen molar-refractivity contribution in [3.05, 3.63) is 84.9 Å². The monoisotopic (exact) mass is 352 g/mol. The number of carbonyl (C=O) groups excluding carboxylic acids is 1. The first-order chi connectivity index (χ1) is 13.3. The van der Waals surface area contributed by atoms with Gasteiger partial charge in [0.05, 0.1) is 0 Å². The van der Waals surface area contributed by atoms with Crippen molar-refractivity contribution >= 4 is 49.5 Å². The van der Waals surface area contributed by atoms with Crippen LogP contribution in [0.2, 0.25) is 0 Å². The Kier molecular flexibility index (Phi) is 3.47. The van der Waals surface area contributed by atoms with Gasteiger partial charge in [-0.15, -0.1) is 0 Å². The van der Waals surface area contributed by atoms with Crippen molar-refractivity contribution in [2.45, 2.75) is 6.61 Å². The minimum absolute atomic E-state index is 0.143. The van der Waals surface area contributed by atoms with Crippen LogP contribution in [0.5, 0.6) is 0 Å². The molecular formula is C24H16O3. The standard InChI is InChI=1S/C24H16O3/c1-2-21(25)26-14-17-13-16-8-4-5-9-18(16)22-20-12-11-15-7-3-6-10-19(15)24(20)27-23(17)22/h2-13H,1,14H2. The lowest BCUT2D eigenvalue weighted by Gasteiger charge is -2.06. The zero-order chi connectivity index (χ0) is 18.4. The molecule has 0 N–H and O–H groups in total. The van der Waals surface area contributed by atoms with Crippen LogP contribution < -0.4 is 0 Å². The van der Waals surface area contributed by atoms with Gasteiger partial charge in [-0.2, -0.15) is 0 Å². The van der Waals surface area contributed by atoms with Crippen LogP contribution >= 0.6 is 0 Å². The van der Waals surface area contributed by atoms with E-state index in [1.165, 1.54) is 6.08 Å². The molecule has 27 heavy (non-hydrogen) atoms. The Bertz CT molecular complexity index is 1360. The molecule has 130 valence electrons. The highest BCUT2D eigenvalue weighted by atomic mass is 16.5. The minimum atomic E-state index is -0.446. The van der Waals surface area contributed by atoms with Crippen LogP contribution in [0.15, 0.2) is 83.8 Å². The van der Waals surface area contributed by atoms with E-state index < -0.39 is 5.97 Å². The molecule has 0 amide bonds. The molecule has 0 spiro atoms. The van der Waals surface area contributed by atoms with Crippen molar-refractivity contribution in [1.29, 1.82) is 0 Å². The van der Waals surface area contributed by atoms with Crippen molar-refractivity contribution in [2.24, 2.45) is 0 Å². The third-order valence-corrected chi connectivity index (χ3v) is 4.97. The van der Waals surface area contributed by atoms with Gasteiger partial charge in [0.1, 0.15) is 17.8 Å². The second-order valence-corrected chi connectivity index (χ2v) is 6.54. The normalized spacial score (nSPS) is 11.4. The van der Waals surface area contributed by atoms with Crippen LogP contribution in [-0.2, 0) is 16.1 Å². The van der Waals surface area contributed by atoms with E-state index in [1.807, 2.05) is 30.3 Å². The maximum absolute atomic E-state index is 11.6. The summed E-state index contributed by atoms with van der Waals surface area (Å²) >= 11 is 0. The summed E-state index contributed by atoms with van der Waals surface area (Å²) < 4.78 is 11.7. The summed E-state index contributed by atoms with van der Waals surface area (Å²) in [5, 5.41) is 6.54. The number of hydrogen-bond donors (Lipinski definition) is 0. The Hall–Kier alpha value is -3.59. The molecule has 0 unspecified atom stereocenters. The molecule has 1 aromatic heterocycles. The van der Waals surface area contributed by atoms with E-state index in [1.54, 1.807) is 0 Å². The molecule has 0 saturated heterocycles. The third kappa shape index (κ3) is 2.40. The largest absolute Gasteiger partial charge is 0.458 e. The van der Waals surface area contributed by atoms with Crippen LogP contribution in [-0.4, -0.2) is 5.97 Å². The van der Waals surface area contributed by atoms with Crippen molar-refractivity contribution < 1.29 is 13.9 Å². The number of ether oxygens (including phenoxy) is 1. The number of carbonyl (C=O) groups is 1. The first-order valence-electron chi connectivity index (χ1n) is 8.80. The molecule has 0 aliphatic carbocycles. The second-order valence-electron chi connectivity index (χ2n) is 6.54. The van der Waals surface area contributed by atoms with Gasteiger partial charge < -0.3 is 9.15 Å². The van der Waals surface area contributed by atoms with Crippen molar-refractivity contribution in [3.63, 3.8) is 0 Å². The fraction of sp³-hybridized carbons (Fsp3) is 0.0417. The lowest BCUT2D eigenvalue weighted by atomic mass is 9.99. The number of esters is 1. The molecular weight excluding hydrogens is 336 g/mol. The van der Waals surface area contributed by atoms with E-state index in [9.17, 15) is 4.79 Å². The van der Waals surface area contributed by atoms with Gasteiger partial charge in [0.15, 0.2) is 0 Å². The predicted octanol–water partition coefficient (Wildman–Crippen LogP) is 6.12. The van der Waals surface area contributed by atoms with Crippen LogP contribution in [0.3, 0.4) is 0 Å². The van der Waals surface area contributed by atoms with Gasteiger partial charge in [0.2, 0.25) is 0 Å². The Morgan fingerprint density at radius 1 is 0.889 bits per heavy atom. The minimum Gasteiger partial charge on any atom is -0.458 e. The molecule has 5 aromatic rings. The molecule has 0 aliphatic rings. The SMILES string of the molecule is C=CC(=O)OCc1cc2ccccc2c2c1oc1c3ccccc3ccc12. The van der Waals surface area contributed by atoms with Crippen molar-refractivity contribution in [2.75, 3.05) is 0 Å². The second kappa shape index (κ2) is 5.99. The van der Waals surface area contributed by atoms with Crippen LogP contribution in [0.25, 0.3) is 43.5 Å². The maximum Gasteiger partial charge on any atom is 0.330 e. The van der Waals surface area contributed by atoms with E-state index in [-0.39, 0.29) is 6.61 Å². The lowest BCUT2D eigenvalue weighted by Crippen LogP contribution is -2.00. The summed E-state index contributed by atoms with van der Waals surface area (Å²) in [5.74, 6) is -0.446. The molecule has 3 nitrogen and oxygen atoms in total. The highest BCUT2D eigenvalue weighted by molar-refractivity contribution is 6.23. The lowest BCUT2D eigenvalue weighted by molar-refractivity contribution is -0.138. The number of benzene rings is 4. The summed E-state index contributed by atoms with van der Waals surface area (Å²) in [6.07, 6.45) is 1.17. The van der Waals surface area contributed by atoms with Gasteiger partial charge in [0.25, 0.3) is 0 Å². The zero-order valence-corrected chi connectivity index (χ0v) is 14.6. The summed E-state index contributed by atoms with van der Waals surface area (Å²) in [4.78, 5) is 11.6. The summed E-state index contributed by atoms with van der Waals surface area (Å²) in [7, 11) is 0. The number of fused-ring (bicyclic) bond motifs is 7. The maximum atomic E-state index is 11.6. The van der Waals surface area contributed by atoms with Gasteiger partial charge in [-0.3, -0.25) is 0 Å². The molecule has 0 saturated carbocycles. The Morgan fingerprint density at radius 2 is 1.63 bits per heavy atom. The molecule has 3 heteroatoms. The van der Waals surface area contributed by atoms with Crippen LogP contribution in [0.1, 0.15) is 5.56 Å². The number of furan rings is 1. The first kappa shape index (κ1) is 15.6. The highest BCUT2D eigenvalue weighted by Crippen LogP contribution is 2.39. The van der Waals surface area contributed by atoms with Crippen LogP contribution in [0, 0.1) is 0 Å². The third-order valence-electron chi connectivity index (χ3n) is 4.97. The van der Waals surface area contributed by atoms with E-state index in [2.05, 4.69) is 43.0 Å². The fourth-order valence-corrected chi connectivity index (χ4v) is 3.74. The smallest absolute Gasteiger partial charge is 0.330 e. The van der Waals surface area contributed by atoms with Gasteiger partial charge in [-0.1, -0.05) is 61.2 Å². The molecule has 0 bridgehead atoms. The zero-order valence-electron chi connectivity index (χ0n) is 14.6. The van der Waals surface area contributed by atoms with Crippen molar-refractivity contribution in [3.8, 4) is 0 Å². The molecule has 0 fully saturated rings. The number of rotatable bonds is 3. The van der Waals surface area contributed by atoms with Gasteiger partial charge in [-0.05, 0) is 28.3 Å². The molecule has 0 aliphatic heterocycles.